The number of thiazole rings is 1. The monoisotopic (exact) mass is 250 g/mol. The molecule has 92 valence electrons. The highest BCUT2D eigenvalue weighted by atomic mass is 32.1. The van der Waals surface area contributed by atoms with E-state index in [4.69, 9.17) is 0 Å². The van der Waals surface area contributed by atoms with Crippen LogP contribution in [0.1, 0.15) is 35.6 Å². The van der Waals surface area contributed by atoms with Crippen LogP contribution in [0.4, 0.5) is 0 Å². The molecule has 0 radical (unpaired) electrons. The standard InChI is InChI=1S/C12H18N4S/c1-3-4-13-6-11-7-14-12(16-11)5-10-8-17-9(2)15-10/h7-8,13H,3-6H2,1-2H3,(H,14,16). The summed E-state index contributed by atoms with van der Waals surface area (Å²) >= 11 is 1.68. The van der Waals surface area contributed by atoms with Crippen LogP contribution in [0.15, 0.2) is 11.6 Å². The zero-order valence-electron chi connectivity index (χ0n) is 10.3. The van der Waals surface area contributed by atoms with E-state index in [0.29, 0.717) is 0 Å². The number of nitrogens with one attached hydrogen (secondary N) is 2. The summed E-state index contributed by atoms with van der Waals surface area (Å²) in [5.74, 6) is 0.989. The lowest BCUT2D eigenvalue weighted by Gasteiger charge is -1.99. The second-order valence-corrected chi connectivity index (χ2v) is 5.13. The van der Waals surface area contributed by atoms with E-state index in [-0.39, 0.29) is 0 Å². The summed E-state index contributed by atoms with van der Waals surface area (Å²) in [4.78, 5) is 12.1. The summed E-state index contributed by atoms with van der Waals surface area (Å²) in [5.41, 5.74) is 2.23. The van der Waals surface area contributed by atoms with Gasteiger partial charge in [0.1, 0.15) is 5.82 Å². The highest BCUT2D eigenvalue weighted by molar-refractivity contribution is 7.09. The average Bonchev–Trinajstić information content (AvgIpc) is 2.90. The molecule has 2 aromatic heterocycles. The number of H-pyrrole nitrogens is 1. The number of aromatic amines is 1. The predicted octanol–water partition coefficient (Wildman–Crippen LogP) is 2.27. The maximum absolute atomic E-state index is 4.43. The third-order valence-electron chi connectivity index (χ3n) is 2.44. The summed E-state index contributed by atoms with van der Waals surface area (Å²) < 4.78 is 0. The SMILES string of the molecule is CCCNCc1cnc(Cc2csc(C)n2)[nH]1. The Bertz CT molecular complexity index is 461. The van der Waals surface area contributed by atoms with Crippen LogP contribution >= 0.6 is 11.3 Å². The maximum Gasteiger partial charge on any atom is 0.112 e. The lowest BCUT2D eigenvalue weighted by Crippen LogP contribution is -2.13. The Labute approximate surface area is 106 Å². The molecular weight excluding hydrogens is 232 g/mol. The fourth-order valence-electron chi connectivity index (χ4n) is 1.65. The molecule has 0 aliphatic heterocycles. The van der Waals surface area contributed by atoms with E-state index < -0.39 is 0 Å². The number of hydrogen-bond donors (Lipinski definition) is 2. The van der Waals surface area contributed by atoms with Crippen LogP contribution in [-0.2, 0) is 13.0 Å². The van der Waals surface area contributed by atoms with Gasteiger partial charge < -0.3 is 10.3 Å². The molecule has 0 amide bonds. The molecule has 5 heteroatoms. The van der Waals surface area contributed by atoms with Gasteiger partial charge in [0.2, 0.25) is 0 Å². The van der Waals surface area contributed by atoms with Crippen LogP contribution in [0.2, 0.25) is 0 Å². The molecule has 0 saturated heterocycles. The third-order valence-corrected chi connectivity index (χ3v) is 3.26. The van der Waals surface area contributed by atoms with Crippen molar-refractivity contribution in [2.75, 3.05) is 6.54 Å². The third kappa shape index (κ3) is 3.64. The molecule has 0 aliphatic carbocycles. The second kappa shape index (κ2) is 5.93. The molecule has 2 heterocycles. The van der Waals surface area contributed by atoms with Gasteiger partial charge in [-0.2, -0.15) is 0 Å². The van der Waals surface area contributed by atoms with Crippen molar-refractivity contribution in [3.05, 3.63) is 33.8 Å². The van der Waals surface area contributed by atoms with Gasteiger partial charge >= 0.3 is 0 Å². The zero-order valence-corrected chi connectivity index (χ0v) is 11.1. The molecule has 0 aliphatic rings. The Hall–Kier alpha value is -1.20. The molecule has 0 fully saturated rings. The maximum atomic E-state index is 4.43. The summed E-state index contributed by atoms with van der Waals surface area (Å²) in [5, 5.41) is 6.55. The first-order valence-corrected chi connectivity index (χ1v) is 6.80. The largest absolute Gasteiger partial charge is 0.344 e. The molecule has 0 spiro atoms. The van der Waals surface area contributed by atoms with E-state index in [1.165, 1.54) is 0 Å². The van der Waals surface area contributed by atoms with Gasteiger partial charge in [-0.05, 0) is 19.9 Å². The van der Waals surface area contributed by atoms with Gasteiger partial charge in [-0.3, -0.25) is 0 Å². The molecule has 2 rings (SSSR count). The molecule has 0 saturated carbocycles. The van der Waals surface area contributed by atoms with Gasteiger partial charge in [0.25, 0.3) is 0 Å². The number of nitrogens with zero attached hydrogens (tertiary/aromatic N) is 2. The van der Waals surface area contributed by atoms with Crippen LogP contribution in [0, 0.1) is 6.92 Å². The normalized spacial score (nSPS) is 10.9. The lowest BCUT2D eigenvalue weighted by atomic mass is 10.3. The Morgan fingerprint density at radius 2 is 2.35 bits per heavy atom. The Morgan fingerprint density at radius 3 is 3.06 bits per heavy atom. The van der Waals surface area contributed by atoms with Crippen LogP contribution < -0.4 is 5.32 Å². The van der Waals surface area contributed by atoms with Gasteiger partial charge in [0.15, 0.2) is 0 Å². The van der Waals surface area contributed by atoms with E-state index in [9.17, 15) is 0 Å². The first-order valence-electron chi connectivity index (χ1n) is 5.92. The van der Waals surface area contributed by atoms with Gasteiger partial charge in [0.05, 0.1) is 10.7 Å². The number of aryl methyl sites for hydroxylation is 1. The zero-order chi connectivity index (χ0) is 12.1. The van der Waals surface area contributed by atoms with Crippen molar-refractivity contribution in [1.82, 2.24) is 20.3 Å². The molecule has 17 heavy (non-hydrogen) atoms. The van der Waals surface area contributed by atoms with E-state index >= 15 is 0 Å². The van der Waals surface area contributed by atoms with Crippen molar-refractivity contribution in [3.8, 4) is 0 Å². The number of imidazole rings is 1. The van der Waals surface area contributed by atoms with Crippen LogP contribution in [-0.4, -0.2) is 21.5 Å². The molecule has 2 N–H and O–H groups in total. The number of aromatic nitrogens is 3. The lowest BCUT2D eigenvalue weighted by molar-refractivity contribution is 0.665. The number of rotatable bonds is 6. The molecule has 0 unspecified atom stereocenters. The van der Waals surface area contributed by atoms with Crippen molar-refractivity contribution in [2.45, 2.75) is 33.2 Å². The van der Waals surface area contributed by atoms with E-state index in [1.807, 2.05) is 13.1 Å². The minimum Gasteiger partial charge on any atom is -0.344 e. The predicted molar refractivity (Wildman–Crippen MR) is 70.2 cm³/mol. The number of hydrogen-bond acceptors (Lipinski definition) is 4. The van der Waals surface area contributed by atoms with Crippen molar-refractivity contribution in [1.29, 1.82) is 0 Å². The van der Waals surface area contributed by atoms with Crippen LogP contribution in [0.5, 0.6) is 0 Å². The Balaban J connectivity index is 1.89. The van der Waals surface area contributed by atoms with E-state index in [0.717, 1.165) is 48.2 Å². The summed E-state index contributed by atoms with van der Waals surface area (Å²) in [6.07, 6.45) is 3.84. The highest BCUT2D eigenvalue weighted by Crippen LogP contribution is 2.11. The van der Waals surface area contributed by atoms with Crippen LogP contribution in [0.3, 0.4) is 0 Å². The van der Waals surface area contributed by atoms with E-state index in [2.05, 4.69) is 32.6 Å². The first kappa shape index (κ1) is 12.3. The van der Waals surface area contributed by atoms with E-state index in [1.54, 1.807) is 11.3 Å². The fraction of sp³-hybridized carbons (Fsp3) is 0.500. The Morgan fingerprint density at radius 1 is 1.47 bits per heavy atom. The summed E-state index contributed by atoms with van der Waals surface area (Å²) in [6, 6.07) is 0. The van der Waals surface area contributed by atoms with Crippen molar-refractivity contribution >= 4 is 11.3 Å². The highest BCUT2D eigenvalue weighted by Gasteiger charge is 2.04. The molecule has 4 nitrogen and oxygen atoms in total. The smallest absolute Gasteiger partial charge is 0.112 e. The minimum atomic E-state index is 0.790. The molecule has 2 aromatic rings. The van der Waals surface area contributed by atoms with Crippen molar-refractivity contribution < 1.29 is 0 Å². The van der Waals surface area contributed by atoms with Crippen molar-refractivity contribution in [2.24, 2.45) is 0 Å². The summed E-state index contributed by atoms with van der Waals surface area (Å²) in [7, 11) is 0. The molecular formula is C12H18N4S. The Kier molecular flexibility index (Phi) is 4.28. The average molecular weight is 250 g/mol. The van der Waals surface area contributed by atoms with Gasteiger partial charge in [0, 0.05) is 30.2 Å². The van der Waals surface area contributed by atoms with Crippen molar-refractivity contribution in [3.63, 3.8) is 0 Å². The van der Waals surface area contributed by atoms with Gasteiger partial charge in [-0.25, -0.2) is 9.97 Å². The van der Waals surface area contributed by atoms with Gasteiger partial charge in [-0.15, -0.1) is 11.3 Å². The quantitative estimate of drug-likeness (QED) is 0.773. The van der Waals surface area contributed by atoms with Crippen LogP contribution in [0.25, 0.3) is 0 Å². The fourth-order valence-corrected chi connectivity index (χ4v) is 2.26. The summed E-state index contributed by atoms with van der Waals surface area (Å²) in [6.45, 7) is 6.09. The topological polar surface area (TPSA) is 53.6 Å². The van der Waals surface area contributed by atoms with Gasteiger partial charge in [-0.1, -0.05) is 6.92 Å². The molecule has 0 atom stereocenters. The molecule has 0 aromatic carbocycles. The second-order valence-electron chi connectivity index (χ2n) is 4.07. The first-order chi connectivity index (χ1) is 8.28. The molecule has 0 bridgehead atoms. The minimum absolute atomic E-state index is 0.790.